The van der Waals surface area contributed by atoms with Gasteiger partial charge in [0, 0.05) is 10.0 Å². The standard InChI is InChI=1S/C11H12BrNO3/c1-6-4-9(12)7(2)3-8(6)11(16)13-5-10(14)15/h3-4H,5H2,1-2H3,(H,13,16)(H,14,15). The summed E-state index contributed by atoms with van der Waals surface area (Å²) in [6, 6.07) is 3.57. The van der Waals surface area contributed by atoms with E-state index in [1.807, 2.05) is 13.0 Å². The molecule has 0 aliphatic carbocycles. The molecule has 0 aliphatic rings. The van der Waals surface area contributed by atoms with Gasteiger partial charge in [-0.25, -0.2) is 0 Å². The van der Waals surface area contributed by atoms with E-state index in [9.17, 15) is 9.59 Å². The molecule has 0 saturated carbocycles. The van der Waals surface area contributed by atoms with Crippen LogP contribution >= 0.6 is 15.9 Å². The Bertz CT molecular complexity index is 443. The number of amides is 1. The highest BCUT2D eigenvalue weighted by atomic mass is 79.9. The monoisotopic (exact) mass is 285 g/mol. The van der Waals surface area contributed by atoms with E-state index in [1.165, 1.54) is 0 Å². The van der Waals surface area contributed by atoms with Crippen molar-refractivity contribution in [2.45, 2.75) is 13.8 Å². The summed E-state index contributed by atoms with van der Waals surface area (Å²) in [5, 5.41) is 10.8. The van der Waals surface area contributed by atoms with E-state index >= 15 is 0 Å². The Morgan fingerprint density at radius 1 is 1.31 bits per heavy atom. The fourth-order valence-electron chi connectivity index (χ4n) is 1.28. The van der Waals surface area contributed by atoms with Crippen molar-refractivity contribution >= 4 is 27.8 Å². The summed E-state index contributed by atoms with van der Waals surface area (Å²) in [6.07, 6.45) is 0. The maximum absolute atomic E-state index is 11.6. The van der Waals surface area contributed by atoms with Crippen LogP contribution in [0.4, 0.5) is 0 Å². The second kappa shape index (κ2) is 5.12. The van der Waals surface area contributed by atoms with E-state index in [2.05, 4.69) is 21.2 Å². The highest BCUT2D eigenvalue weighted by molar-refractivity contribution is 9.10. The minimum Gasteiger partial charge on any atom is -0.480 e. The lowest BCUT2D eigenvalue weighted by molar-refractivity contribution is -0.135. The minimum absolute atomic E-state index is 0.365. The van der Waals surface area contributed by atoms with Gasteiger partial charge in [0.05, 0.1) is 0 Å². The molecule has 0 aromatic heterocycles. The van der Waals surface area contributed by atoms with Crippen molar-refractivity contribution in [1.82, 2.24) is 5.32 Å². The molecule has 5 heteroatoms. The molecule has 0 unspecified atom stereocenters. The summed E-state index contributed by atoms with van der Waals surface area (Å²) in [7, 11) is 0. The molecule has 1 aromatic rings. The quantitative estimate of drug-likeness (QED) is 0.891. The van der Waals surface area contributed by atoms with Crippen LogP contribution in [0.5, 0.6) is 0 Å². The fraction of sp³-hybridized carbons (Fsp3) is 0.273. The molecule has 0 spiro atoms. The van der Waals surface area contributed by atoms with E-state index in [0.29, 0.717) is 5.56 Å². The van der Waals surface area contributed by atoms with Crippen LogP contribution in [0.3, 0.4) is 0 Å². The van der Waals surface area contributed by atoms with Crippen LogP contribution in [0.1, 0.15) is 21.5 Å². The van der Waals surface area contributed by atoms with Crippen LogP contribution in [0.15, 0.2) is 16.6 Å². The van der Waals surface area contributed by atoms with E-state index in [4.69, 9.17) is 5.11 Å². The Hall–Kier alpha value is -1.36. The predicted octanol–water partition coefficient (Wildman–Crippen LogP) is 1.88. The number of carboxylic acids is 1. The van der Waals surface area contributed by atoms with Crippen LogP contribution in [0.2, 0.25) is 0 Å². The summed E-state index contributed by atoms with van der Waals surface area (Å²) in [6.45, 7) is 3.31. The summed E-state index contributed by atoms with van der Waals surface area (Å²) in [5.74, 6) is -1.42. The van der Waals surface area contributed by atoms with Crippen LogP contribution in [-0.2, 0) is 4.79 Å². The Morgan fingerprint density at radius 3 is 2.50 bits per heavy atom. The highest BCUT2D eigenvalue weighted by Gasteiger charge is 2.11. The number of hydrogen-bond donors (Lipinski definition) is 2. The second-order valence-corrected chi connectivity index (χ2v) is 4.35. The first-order chi connectivity index (χ1) is 7.41. The zero-order valence-corrected chi connectivity index (χ0v) is 10.6. The maximum atomic E-state index is 11.6. The van der Waals surface area contributed by atoms with Crippen molar-refractivity contribution in [3.05, 3.63) is 33.3 Å². The van der Waals surface area contributed by atoms with Crippen molar-refractivity contribution in [1.29, 1.82) is 0 Å². The van der Waals surface area contributed by atoms with Crippen LogP contribution < -0.4 is 5.32 Å². The molecule has 4 nitrogen and oxygen atoms in total. The first-order valence-electron chi connectivity index (χ1n) is 4.68. The molecular weight excluding hydrogens is 274 g/mol. The average Bonchev–Trinajstić information content (AvgIpc) is 2.20. The summed E-state index contributed by atoms with van der Waals surface area (Å²) in [4.78, 5) is 22.0. The largest absolute Gasteiger partial charge is 0.480 e. The van der Waals surface area contributed by atoms with Crippen molar-refractivity contribution < 1.29 is 14.7 Å². The number of benzene rings is 1. The summed E-state index contributed by atoms with van der Waals surface area (Å²) < 4.78 is 0.930. The van der Waals surface area contributed by atoms with Crippen molar-refractivity contribution in [2.75, 3.05) is 6.54 Å². The lowest BCUT2D eigenvalue weighted by atomic mass is 10.1. The topological polar surface area (TPSA) is 66.4 Å². The average molecular weight is 286 g/mol. The van der Waals surface area contributed by atoms with Crippen LogP contribution in [0, 0.1) is 13.8 Å². The van der Waals surface area contributed by atoms with E-state index in [1.54, 1.807) is 13.0 Å². The van der Waals surface area contributed by atoms with Gasteiger partial charge in [0.1, 0.15) is 6.54 Å². The number of nitrogens with one attached hydrogen (secondary N) is 1. The fourth-order valence-corrected chi connectivity index (χ4v) is 1.73. The number of rotatable bonds is 3. The number of carboxylic acid groups (broad SMARTS) is 1. The third kappa shape index (κ3) is 3.06. The van der Waals surface area contributed by atoms with Crippen molar-refractivity contribution in [3.8, 4) is 0 Å². The first kappa shape index (κ1) is 12.7. The van der Waals surface area contributed by atoms with E-state index in [0.717, 1.165) is 15.6 Å². The normalized spacial score (nSPS) is 9.94. The van der Waals surface area contributed by atoms with Gasteiger partial charge in [0.15, 0.2) is 0 Å². The van der Waals surface area contributed by atoms with Gasteiger partial charge < -0.3 is 10.4 Å². The lowest BCUT2D eigenvalue weighted by Crippen LogP contribution is -2.29. The smallest absolute Gasteiger partial charge is 0.322 e. The molecule has 1 rings (SSSR count). The molecule has 0 heterocycles. The highest BCUT2D eigenvalue weighted by Crippen LogP contribution is 2.20. The predicted molar refractivity (Wildman–Crippen MR) is 63.6 cm³/mol. The Kier molecular flexibility index (Phi) is 4.06. The number of halogens is 1. The number of aryl methyl sites for hydroxylation is 2. The molecule has 2 N–H and O–H groups in total. The molecule has 0 fully saturated rings. The Morgan fingerprint density at radius 2 is 1.94 bits per heavy atom. The van der Waals surface area contributed by atoms with Gasteiger partial charge in [0.25, 0.3) is 5.91 Å². The zero-order chi connectivity index (χ0) is 12.3. The van der Waals surface area contributed by atoms with Gasteiger partial charge in [-0.2, -0.15) is 0 Å². The van der Waals surface area contributed by atoms with Crippen LogP contribution in [-0.4, -0.2) is 23.5 Å². The molecule has 0 atom stereocenters. The SMILES string of the molecule is Cc1cc(C(=O)NCC(=O)O)c(C)cc1Br. The number of aliphatic carboxylic acids is 1. The second-order valence-electron chi connectivity index (χ2n) is 3.49. The van der Waals surface area contributed by atoms with Gasteiger partial charge in [0.2, 0.25) is 0 Å². The molecule has 0 radical (unpaired) electrons. The molecule has 0 aliphatic heterocycles. The molecule has 0 bridgehead atoms. The molecule has 1 amide bonds. The van der Waals surface area contributed by atoms with Gasteiger partial charge in [-0.1, -0.05) is 15.9 Å². The number of carbonyl (C=O) groups is 2. The van der Waals surface area contributed by atoms with Crippen LogP contribution in [0.25, 0.3) is 0 Å². The van der Waals surface area contributed by atoms with E-state index < -0.39 is 5.97 Å². The molecule has 1 aromatic carbocycles. The van der Waals surface area contributed by atoms with Crippen molar-refractivity contribution in [3.63, 3.8) is 0 Å². The zero-order valence-electron chi connectivity index (χ0n) is 9.00. The molecule has 16 heavy (non-hydrogen) atoms. The summed E-state index contributed by atoms with van der Waals surface area (Å²) >= 11 is 3.37. The molecule has 86 valence electrons. The number of hydrogen-bond acceptors (Lipinski definition) is 2. The van der Waals surface area contributed by atoms with E-state index in [-0.39, 0.29) is 12.5 Å². The van der Waals surface area contributed by atoms with Gasteiger partial charge in [-0.15, -0.1) is 0 Å². The third-order valence-corrected chi connectivity index (χ3v) is 3.00. The Labute approximate surface area is 102 Å². The minimum atomic E-state index is -1.06. The van der Waals surface area contributed by atoms with Gasteiger partial charge >= 0.3 is 5.97 Å². The summed E-state index contributed by atoms with van der Waals surface area (Å²) in [5.41, 5.74) is 2.24. The van der Waals surface area contributed by atoms with Gasteiger partial charge in [-0.3, -0.25) is 9.59 Å². The Balaban J connectivity index is 2.91. The van der Waals surface area contributed by atoms with Crippen molar-refractivity contribution in [2.24, 2.45) is 0 Å². The lowest BCUT2D eigenvalue weighted by Gasteiger charge is -2.08. The third-order valence-electron chi connectivity index (χ3n) is 2.15. The van der Waals surface area contributed by atoms with Gasteiger partial charge in [-0.05, 0) is 37.1 Å². The molecule has 0 saturated heterocycles. The number of carbonyl (C=O) groups excluding carboxylic acids is 1. The molecular formula is C11H12BrNO3. The first-order valence-corrected chi connectivity index (χ1v) is 5.48. The maximum Gasteiger partial charge on any atom is 0.322 e.